The van der Waals surface area contributed by atoms with Gasteiger partial charge in [0.2, 0.25) is 17.7 Å². The fourth-order valence-corrected chi connectivity index (χ4v) is 4.92. The molecule has 4 rings (SSSR count). The second kappa shape index (κ2) is 9.22. The number of rotatable bonds is 6. The van der Waals surface area contributed by atoms with Crippen LogP contribution in [-0.4, -0.2) is 66.8 Å². The number of amides is 3. The predicted octanol–water partition coefficient (Wildman–Crippen LogP) is 2.42. The van der Waals surface area contributed by atoms with E-state index in [0.29, 0.717) is 12.8 Å². The van der Waals surface area contributed by atoms with Crippen molar-refractivity contribution >= 4 is 29.1 Å². The number of hydrogen-bond acceptors (Lipinski definition) is 5. The Morgan fingerprint density at radius 2 is 1.68 bits per heavy atom. The molecule has 1 aliphatic carbocycles. The summed E-state index contributed by atoms with van der Waals surface area (Å²) in [5, 5.41) is 2.92. The topological polar surface area (TPSA) is 73.0 Å². The molecule has 0 spiro atoms. The van der Waals surface area contributed by atoms with Crippen molar-refractivity contribution in [3.05, 3.63) is 35.9 Å². The van der Waals surface area contributed by atoms with E-state index >= 15 is 0 Å². The molecule has 3 aliphatic rings. The Hall–Kier alpha value is -2.67. The number of fused-ring (bicyclic) bond motifs is 1. The number of carbonyl (C=O) groups is 3. The van der Waals surface area contributed by atoms with E-state index in [1.807, 2.05) is 24.3 Å². The Labute approximate surface area is 184 Å². The SMILES string of the molecule is CCN1CCN(c2ccc(NC(=O)CCN3C(=O)[C@@H]4CC=CC[C@H]4C3=O)cc2C)CC1. The van der Waals surface area contributed by atoms with Gasteiger partial charge >= 0.3 is 0 Å². The first-order chi connectivity index (χ1) is 15.0. The van der Waals surface area contributed by atoms with E-state index in [1.165, 1.54) is 10.6 Å². The molecular formula is C24H32N4O3. The number of likely N-dealkylation sites (tertiary alicyclic amines) is 1. The molecule has 31 heavy (non-hydrogen) atoms. The highest BCUT2D eigenvalue weighted by Crippen LogP contribution is 2.35. The molecule has 1 aromatic carbocycles. The molecule has 0 saturated carbocycles. The lowest BCUT2D eigenvalue weighted by Crippen LogP contribution is -2.46. The largest absolute Gasteiger partial charge is 0.369 e. The number of piperazine rings is 1. The van der Waals surface area contributed by atoms with E-state index in [9.17, 15) is 14.4 Å². The molecule has 2 saturated heterocycles. The maximum absolute atomic E-state index is 12.5. The summed E-state index contributed by atoms with van der Waals surface area (Å²) < 4.78 is 0. The van der Waals surface area contributed by atoms with Crippen molar-refractivity contribution in [3.8, 4) is 0 Å². The summed E-state index contributed by atoms with van der Waals surface area (Å²) in [5.41, 5.74) is 3.08. The van der Waals surface area contributed by atoms with Gasteiger partial charge in [-0.3, -0.25) is 19.3 Å². The maximum atomic E-state index is 12.5. The van der Waals surface area contributed by atoms with Crippen LogP contribution in [0.3, 0.4) is 0 Å². The number of aryl methyl sites for hydroxylation is 1. The van der Waals surface area contributed by atoms with E-state index in [4.69, 9.17) is 0 Å². The fraction of sp³-hybridized carbons (Fsp3) is 0.542. The Bertz CT molecular complexity index is 863. The van der Waals surface area contributed by atoms with Crippen molar-refractivity contribution in [1.29, 1.82) is 0 Å². The van der Waals surface area contributed by atoms with Gasteiger partial charge in [-0.2, -0.15) is 0 Å². The number of nitrogens with zero attached hydrogens (tertiary/aromatic N) is 3. The molecule has 7 heteroatoms. The summed E-state index contributed by atoms with van der Waals surface area (Å²) in [5.74, 6) is -0.923. The predicted molar refractivity (Wildman–Crippen MR) is 121 cm³/mol. The maximum Gasteiger partial charge on any atom is 0.233 e. The third-order valence-electron chi connectivity index (χ3n) is 6.80. The van der Waals surface area contributed by atoms with Crippen molar-refractivity contribution in [3.63, 3.8) is 0 Å². The van der Waals surface area contributed by atoms with Crippen LogP contribution in [0.4, 0.5) is 11.4 Å². The first-order valence-electron chi connectivity index (χ1n) is 11.4. The van der Waals surface area contributed by atoms with Crippen LogP contribution in [0.15, 0.2) is 30.4 Å². The highest BCUT2D eigenvalue weighted by Gasteiger charge is 2.46. The number of carbonyl (C=O) groups excluding carboxylic acids is 3. The molecule has 1 N–H and O–H groups in total. The number of imide groups is 1. The van der Waals surface area contributed by atoms with Crippen LogP contribution < -0.4 is 10.2 Å². The lowest BCUT2D eigenvalue weighted by Gasteiger charge is -2.36. The Morgan fingerprint density at radius 3 is 2.26 bits per heavy atom. The minimum Gasteiger partial charge on any atom is -0.369 e. The second-order valence-corrected chi connectivity index (χ2v) is 8.70. The number of likely N-dealkylation sites (N-methyl/N-ethyl adjacent to an activating group) is 1. The normalized spacial score (nSPS) is 23.9. The van der Waals surface area contributed by atoms with Gasteiger partial charge in [0.25, 0.3) is 0 Å². The smallest absolute Gasteiger partial charge is 0.233 e. The zero-order valence-corrected chi connectivity index (χ0v) is 18.5. The van der Waals surface area contributed by atoms with Crippen LogP contribution >= 0.6 is 0 Å². The first kappa shape index (κ1) is 21.6. The zero-order chi connectivity index (χ0) is 22.0. The molecule has 2 heterocycles. The monoisotopic (exact) mass is 424 g/mol. The van der Waals surface area contributed by atoms with Gasteiger partial charge < -0.3 is 15.1 Å². The molecule has 0 bridgehead atoms. The standard InChI is InChI=1S/C24H32N4O3/c1-3-26-12-14-27(15-13-26)21-9-8-18(16-17(21)2)25-22(29)10-11-28-23(30)19-6-4-5-7-20(19)24(28)31/h4-5,8-9,16,19-20H,3,6-7,10-15H2,1-2H3,(H,25,29)/t19-,20-/m1/s1. The molecule has 3 amide bonds. The van der Waals surface area contributed by atoms with Crippen molar-refractivity contribution in [2.24, 2.45) is 11.8 Å². The highest BCUT2D eigenvalue weighted by molar-refractivity contribution is 6.05. The Kier molecular flexibility index (Phi) is 6.41. The summed E-state index contributed by atoms with van der Waals surface area (Å²) in [4.78, 5) is 43.7. The van der Waals surface area contributed by atoms with Gasteiger partial charge in [0, 0.05) is 50.5 Å². The molecule has 0 unspecified atom stereocenters. The van der Waals surface area contributed by atoms with E-state index in [-0.39, 0.29) is 42.5 Å². The van der Waals surface area contributed by atoms with E-state index < -0.39 is 0 Å². The minimum absolute atomic E-state index is 0.115. The zero-order valence-electron chi connectivity index (χ0n) is 18.5. The van der Waals surface area contributed by atoms with Gasteiger partial charge in [0.15, 0.2) is 0 Å². The molecule has 2 aliphatic heterocycles. The summed E-state index contributed by atoms with van der Waals surface area (Å²) in [6.07, 6.45) is 5.30. The van der Waals surface area contributed by atoms with Crippen LogP contribution in [0.25, 0.3) is 0 Å². The van der Waals surface area contributed by atoms with E-state index in [1.54, 1.807) is 0 Å². The Balaban J connectivity index is 1.30. The molecular weight excluding hydrogens is 392 g/mol. The van der Waals surface area contributed by atoms with E-state index in [2.05, 4.69) is 35.0 Å². The van der Waals surface area contributed by atoms with Crippen LogP contribution in [0, 0.1) is 18.8 Å². The lowest BCUT2D eigenvalue weighted by molar-refractivity contribution is -0.140. The minimum atomic E-state index is -0.241. The van der Waals surface area contributed by atoms with E-state index in [0.717, 1.165) is 44.0 Å². The molecule has 0 aromatic heterocycles. The number of allylic oxidation sites excluding steroid dienone is 2. The van der Waals surface area contributed by atoms with Crippen LogP contribution in [0.1, 0.15) is 31.7 Å². The number of nitrogens with one attached hydrogen (secondary N) is 1. The summed E-state index contributed by atoms with van der Waals surface area (Å²) in [6, 6.07) is 5.99. The summed E-state index contributed by atoms with van der Waals surface area (Å²) in [7, 11) is 0. The van der Waals surface area contributed by atoms with Crippen molar-refractivity contribution in [2.75, 3.05) is 49.5 Å². The van der Waals surface area contributed by atoms with Crippen molar-refractivity contribution in [1.82, 2.24) is 9.80 Å². The third kappa shape index (κ3) is 4.51. The molecule has 166 valence electrons. The summed E-state index contributed by atoms with van der Waals surface area (Å²) >= 11 is 0. The van der Waals surface area contributed by atoms with Crippen molar-refractivity contribution < 1.29 is 14.4 Å². The van der Waals surface area contributed by atoms with Crippen LogP contribution in [0.5, 0.6) is 0 Å². The molecule has 0 radical (unpaired) electrons. The molecule has 2 atom stereocenters. The Morgan fingerprint density at radius 1 is 1.03 bits per heavy atom. The number of anilines is 2. The van der Waals surface area contributed by atoms with Gasteiger partial charge in [-0.25, -0.2) is 0 Å². The summed E-state index contributed by atoms with van der Waals surface area (Å²) in [6.45, 7) is 9.65. The number of hydrogen-bond donors (Lipinski definition) is 1. The second-order valence-electron chi connectivity index (χ2n) is 8.70. The van der Waals surface area contributed by atoms with Crippen LogP contribution in [-0.2, 0) is 14.4 Å². The molecule has 7 nitrogen and oxygen atoms in total. The fourth-order valence-electron chi connectivity index (χ4n) is 4.92. The van der Waals surface area contributed by atoms with Gasteiger partial charge in [0.05, 0.1) is 11.8 Å². The highest BCUT2D eigenvalue weighted by atomic mass is 16.2. The van der Waals surface area contributed by atoms with Crippen LogP contribution in [0.2, 0.25) is 0 Å². The van der Waals surface area contributed by atoms with Gasteiger partial charge in [-0.1, -0.05) is 19.1 Å². The average molecular weight is 425 g/mol. The van der Waals surface area contributed by atoms with Gasteiger partial charge in [0.1, 0.15) is 0 Å². The average Bonchev–Trinajstić information content (AvgIpc) is 3.02. The first-order valence-corrected chi connectivity index (χ1v) is 11.4. The quantitative estimate of drug-likeness (QED) is 0.561. The van der Waals surface area contributed by atoms with Gasteiger partial charge in [-0.15, -0.1) is 0 Å². The third-order valence-corrected chi connectivity index (χ3v) is 6.80. The molecule has 1 aromatic rings. The molecule has 2 fully saturated rings. The van der Waals surface area contributed by atoms with Crippen molar-refractivity contribution in [2.45, 2.75) is 33.1 Å². The van der Waals surface area contributed by atoms with Gasteiger partial charge in [-0.05, 0) is 50.1 Å². The lowest BCUT2D eigenvalue weighted by atomic mass is 9.85. The number of benzene rings is 1.